The van der Waals surface area contributed by atoms with E-state index in [1.807, 2.05) is 7.85 Å². The zero-order valence-corrected chi connectivity index (χ0v) is 16.8. The molecule has 0 aromatic carbocycles. The molecule has 1 fully saturated rings. The van der Waals surface area contributed by atoms with Crippen LogP contribution in [0.25, 0.3) is 0 Å². The van der Waals surface area contributed by atoms with Gasteiger partial charge in [-0.1, -0.05) is 33.1 Å². The fourth-order valence-electron chi connectivity index (χ4n) is 2.87. The summed E-state index contributed by atoms with van der Waals surface area (Å²) in [5, 5.41) is 0. The summed E-state index contributed by atoms with van der Waals surface area (Å²) < 4.78 is 41.2. The lowest BCUT2D eigenvalue weighted by molar-refractivity contribution is -0.0306. The molecule has 0 saturated carbocycles. The van der Waals surface area contributed by atoms with Crippen LogP contribution in [-0.4, -0.2) is 65.8 Å². The maximum Gasteiger partial charge on any atom is 0.330 e. The van der Waals surface area contributed by atoms with Crippen LogP contribution in [0.3, 0.4) is 0 Å². The predicted molar refractivity (Wildman–Crippen MR) is 97.6 cm³/mol. The molecule has 1 heterocycles. The van der Waals surface area contributed by atoms with Gasteiger partial charge in [-0.3, -0.25) is 9.09 Å². The van der Waals surface area contributed by atoms with Crippen molar-refractivity contribution in [2.75, 3.05) is 33.6 Å². The minimum absolute atomic E-state index is 0.138. The highest BCUT2D eigenvalue weighted by molar-refractivity contribution is 7.53. The van der Waals surface area contributed by atoms with Crippen LogP contribution >= 0.6 is 7.60 Å². The molecular weight excluding hydrogens is 330 g/mol. The second-order valence-corrected chi connectivity index (χ2v) is 8.55. The summed E-state index contributed by atoms with van der Waals surface area (Å²) in [6.45, 7) is 5.33. The molecule has 0 amide bonds. The summed E-state index contributed by atoms with van der Waals surface area (Å²) in [5.41, 5.74) is 0. The highest BCUT2D eigenvalue weighted by atomic mass is 31.2. The Balaban J connectivity index is 2.70. The summed E-state index contributed by atoms with van der Waals surface area (Å²) >= 11 is 0. The molecule has 1 saturated heterocycles. The van der Waals surface area contributed by atoms with Gasteiger partial charge in [0.2, 0.25) is 0 Å². The fraction of sp³-hybridized carbons (Fsp3) is 1.00. The highest BCUT2D eigenvalue weighted by Gasteiger charge is 2.46. The van der Waals surface area contributed by atoms with Gasteiger partial charge in [0.15, 0.2) is 0 Å². The molecule has 142 valence electrons. The average Bonchev–Trinajstić information content (AvgIpc) is 2.86. The number of hydrogen-bond donors (Lipinski definition) is 0. The molecule has 1 aliphatic heterocycles. The van der Waals surface area contributed by atoms with Crippen LogP contribution in [0, 0.1) is 0 Å². The summed E-state index contributed by atoms with van der Waals surface area (Å²) in [6, 6.07) is -0.138. The first kappa shape index (κ1) is 22.1. The van der Waals surface area contributed by atoms with Crippen LogP contribution in [-0.2, 0) is 27.8 Å². The van der Waals surface area contributed by atoms with Crippen molar-refractivity contribution in [2.24, 2.45) is 0 Å². The van der Waals surface area contributed by atoms with Gasteiger partial charge in [-0.05, 0) is 12.8 Å². The fourth-order valence-corrected chi connectivity index (χ4v) is 4.48. The van der Waals surface area contributed by atoms with Crippen molar-refractivity contribution in [3.8, 4) is 0 Å². The van der Waals surface area contributed by atoms with E-state index in [2.05, 4.69) is 13.8 Å². The van der Waals surface area contributed by atoms with E-state index in [0.717, 1.165) is 32.1 Å². The van der Waals surface area contributed by atoms with Gasteiger partial charge in [-0.15, -0.1) is 0 Å². The first-order valence-corrected chi connectivity index (χ1v) is 10.8. The number of hydrogen-bond acceptors (Lipinski definition) is 6. The van der Waals surface area contributed by atoms with Crippen molar-refractivity contribution < 1.29 is 27.8 Å². The second kappa shape index (κ2) is 11.7. The molecule has 0 N–H and O–H groups in total. The van der Waals surface area contributed by atoms with Gasteiger partial charge in [0, 0.05) is 20.8 Å². The molecule has 0 aromatic rings. The molecule has 6 nitrogen and oxygen atoms in total. The summed E-state index contributed by atoms with van der Waals surface area (Å²) in [5.74, 6) is 0. The molecule has 8 heteroatoms. The molecule has 24 heavy (non-hydrogen) atoms. The Morgan fingerprint density at radius 3 is 2.38 bits per heavy atom. The largest absolute Gasteiger partial charge is 0.379 e. The van der Waals surface area contributed by atoms with E-state index < -0.39 is 13.7 Å². The smallest absolute Gasteiger partial charge is 0.330 e. The molecule has 1 rings (SSSR count). The van der Waals surface area contributed by atoms with Crippen LogP contribution in [0.1, 0.15) is 46.0 Å². The lowest BCUT2D eigenvalue weighted by atomic mass is 9.93. The molecule has 1 aliphatic rings. The van der Waals surface area contributed by atoms with Crippen molar-refractivity contribution in [1.29, 1.82) is 0 Å². The predicted octanol–water partition coefficient (Wildman–Crippen LogP) is 2.59. The Labute approximate surface area is 147 Å². The standard InChI is InChI=1S/C16H34BO6P/c1-5-7-9-11-24(18,20-4)23-14-13(12-21-10-8-6-2)22-16(17)15(14)19-3/h13-16H,5-12,17H2,1-4H3/t13?,14?,15-,16+,24?/m0/s1. The Morgan fingerprint density at radius 2 is 1.79 bits per heavy atom. The maximum absolute atomic E-state index is 12.9. The lowest BCUT2D eigenvalue weighted by Crippen LogP contribution is -2.38. The Hall–Kier alpha value is 0.0949. The minimum atomic E-state index is -3.15. The van der Waals surface area contributed by atoms with Crippen molar-refractivity contribution in [2.45, 2.75) is 70.3 Å². The van der Waals surface area contributed by atoms with Crippen molar-refractivity contribution in [3.63, 3.8) is 0 Å². The van der Waals surface area contributed by atoms with Crippen molar-refractivity contribution >= 4 is 15.4 Å². The van der Waals surface area contributed by atoms with E-state index in [9.17, 15) is 4.57 Å². The van der Waals surface area contributed by atoms with Gasteiger partial charge < -0.3 is 18.7 Å². The van der Waals surface area contributed by atoms with Crippen LogP contribution < -0.4 is 0 Å². The second-order valence-electron chi connectivity index (χ2n) is 6.30. The molecule has 0 aliphatic carbocycles. The van der Waals surface area contributed by atoms with E-state index >= 15 is 0 Å². The Kier molecular flexibility index (Phi) is 10.8. The Morgan fingerprint density at radius 1 is 1.08 bits per heavy atom. The van der Waals surface area contributed by atoms with Gasteiger partial charge in [0.05, 0.1) is 18.8 Å². The summed E-state index contributed by atoms with van der Waals surface area (Å²) in [7, 11) is 1.85. The monoisotopic (exact) mass is 364 g/mol. The van der Waals surface area contributed by atoms with E-state index in [0.29, 0.717) is 19.4 Å². The van der Waals surface area contributed by atoms with Gasteiger partial charge in [-0.2, -0.15) is 0 Å². The molecule has 0 bridgehead atoms. The summed E-state index contributed by atoms with van der Waals surface area (Å²) in [4.78, 5) is 0. The topological polar surface area (TPSA) is 63.2 Å². The van der Waals surface area contributed by atoms with E-state index in [-0.39, 0.29) is 18.2 Å². The first-order valence-electron chi connectivity index (χ1n) is 9.10. The van der Waals surface area contributed by atoms with Crippen LogP contribution in [0.15, 0.2) is 0 Å². The number of methoxy groups -OCH3 is 1. The third-order valence-corrected chi connectivity index (χ3v) is 6.32. The van der Waals surface area contributed by atoms with Crippen LogP contribution in [0.5, 0.6) is 0 Å². The molecule has 3 unspecified atom stereocenters. The third-order valence-electron chi connectivity index (χ3n) is 4.33. The molecule has 0 radical (unpaired) electrons. The lowest BCUT2D eigenvalue weighted by Gasteiger charge is -2.27. The molecule has 5 atom stereocenters. The van der Waals surface area contributed by atoms with Gasteiger partial charge >= 0.3 is 7.60 Å². The maximum atomic E-state index is 12.9. The van der Waals surface area contributed by atoms with Gasteiger partial charge in [0.25, 0.3) is 0 Å². The average molecular weight is 364 g/mol. The van der Waals surface area contributed by atoms with Crippen LogP contribution in [0.4, 0.5) is 0 Å². The highest BCUT2D eigenvalue weighted by Crippen LogP contribution is 2.51. The minimum Gasteiger partial charge on any atom is -0.379 e. The van der Waals surface area contributed by atoms with Gasteiger partial charge in [-0.25, -0.2) is 0 Å². The molecule has 0 aromatic heterocycles. The Bertz CT molecular complexity index is 384. The summed E-state index contributed by atoms with van der Waals surface area (Å²) in [6.07, 6.45) is 4.37. The SMILES string of the molecule is B[C@@H]1OC(COCCCC)C(OP(=O)(CCCCC)OC)[C@@H]1OC. The van der Waals surface area contributed by atoms with E-state index in [1.165, 1.54) is 7.11 Å². The third kappa shape index (κ3) is 6.78. The number of rotatable bonds is 13. The zero-order valence-electron chi connectivity index (χ0n) is 15.9. The van der Waals surface area contributed by atoms with E-state index in [4.69, 9.17) is 23.3 Å². The van der Waals surface area contributed by atoms with Crippen LogP contribution in [0.2, 0.25) is 0 Å². The quantitative estimate of drug-likeness (QED) is 0.284. The van der Waals surface area contributed by atoms with Crippen molar-refractivity contribution in [1.82, 2.24) is 0 Å². The van der Waals surface area contributed by atoms with Gasteiger partial charge in [0.1, 0.15) is 26.2 Å². The molecular formula is C16H34BO6P. The first-order chi connectivity index (χ1) is 11.5. The number of ether oxygens (including phenoxy) is 3. The van der Waals surface area contributed by atoms with E-state index in [1.54, 1.807) is 7.11 Å². The zero-order chi connectivity index (χ0) is 18.0. The molecule has 0 spiro atoms. The number of unbranched alkanes of at least 4 members (excludes halogenated alkanes) is 3. The van der Waals surface area contributed by atoms with Crippen molar-refractivity contribution in [3.05, 3.63) is 0 Å². The normalized spacial score (nSPS) is 29.7.